The van der Waals surface area contributed by atoms with Crippen LogP contribution in [0.3, 0.4) is 0 Å². The van der Waals surface area contributed by atoms with Crippen LogP contribution in [-0.4, -0.2) is 34.9 Å². The molecule has 29 heavy (non-hydrogen) atoms. The molecular weight excluding hydrogens is 410 g/mol. The molecule has 0 N–H and O–H groups in total. The normalized spacial score (nSPS) is 11.3. The number of nitrogens with zero attached hydrogens (tertiary/aromatic N) is 3. The van der Waals surface area contributed by atoms with Gasteiger partial charge in [0.1, 0.15) is 18.2 Å². The number of hydrogen-bond donors (Lipinski definition) is 0. The lowest BCUT2D eigenvalue weighted by molar-refractivity contribution is -0.141. The van der Waals surface area contributed by atoms with Crippen LogP contribution in [0.15, 0.2) is 70.7 Å². The Kier molecular flexibility index (Phi) is 7.05. The minimum Gasteiger partial charge on any atom is -0.460 e. The summed E-state index contributed by atoms with van der Waals surface area (Å²) >= 11 is 1.18. The lowest BCUT2D eigenvalue weighted by atomic mass is 10.2. The van der Waals surface area contributed by atoms with Gasteiger partial charge in [0.2, 0.25) is 0 Å². The van der Waals surface area contributed by atoms with Gasteiger partial charge in [-0.1, -0.05) is 60.3 Å². The lowest BCUT2D eigenvalue weighted by Crippen LogP contribution is -2.12. The average Bonchev–Trinajstić information content (AvgIpc) is 3.12. The van der Waals surface area contributed by atoms with Crippen molar-refractivity contribution in [1.82, 2.24) is 14.8 Å². The molecule has 0 radical (unpaired) electrons. The highest BCUT2D eigenvalue weighted by Gasteiger charge is 2.21. The Hall–Kier alpha value is -2.65. The van der Waals surface area contributed by atoms with Gasteiger partial charge in [0.05, 0.1) is 10.6 Å². The highest BCUT2D eigenvalue weighted by atomic mass is 32.2. The molecule has 0 aliphatic carbocycles. The molecule has 2 aromatic carbocycles. The van der Waals surface area contributed by atoms with E-state index in [0.29, 0.717) is 17.5 Å². The third-order valence-electron chi connectivity index (χ3n) is 4.09. The number of sulfone groups is 1. The molecule has 152 valence electrons. The van der Waals surface area contributed by atoms with E-state index in [2.05, 4.69) is 10.2 Å². The van der Waals surface area contributed by atoms with Gasteiger partial charge in [0.25, 0.3) is 0 Å². The van der Waals surface area contributed by atoms with Crippen molar-refractivity contribution in [3.63, 3.8) is 0 Å². The van der Waals surface area contributed by atoms with E-state index < -0.39 is 9.84 Å². The van der Waals surface area contributed by atoms with Gasteiger partial charge in [-0.25, -0.2) is 8.42 Å². The van der Waals surface area contributed by atoms with Crippen molar-refractivity contribution in [2.24, 2.45) is 0 Å². The van der Waals surface area contributed by atoms with Gasteiger partial charge in [-0.15, -0.1) is 10.2 Å². The number of hydrogen-bond acceptors (Lipinski definition) is 7. The smallest absolute Gasteiger partial charge is 0.316 e. The zero-order chi connectivity index (χ0) is 20.7. The van der Waals surface area contributed by atoms with Crippen LogP contribution in [0.5, 0.6) is 0 Å². The van der Waals surface area contributed by atoms with Crippen molar-refractivity contribution in [3.05, 3.63) is 72.1 Å². The molecule has 0 fully saturated rings. The van der Waals surface area contributed by atoms with E-state index in [-0.39, 0.29) is 29.0 Å². The van der Waals surface area contributed by atoms with Crippen molar-refractivity contribution in [3.8, 4) is 0 Å². The second kappa shape index (κ2) is 9.71. The molecule has 0 spiro atoms. The Morgan fingerprint density at radius 1 is 1.03 bits per heavy atom. The predicted octanol–water partition coefficient (Wildman–Crippen LogP) is 3.11. The molecule has 1 aromatic heterocycles. The van der Waals surface area contributed by atoms with Gasteiger partial charge in [0, 0.05) is 6.54 Å². The zero-order valence-corrected chi connectivity index (χ0v) is 17.5. The van der Waals surface area contributed by atoms with Gasteiger partial charge in [0.15, 0.2) is 15.0 Å². The summed E-state index contributed by atoms with van der Waals surface area (Å²) in [6.45, 7) is 2.58. The van der Waals surface area contributed by atoms with Crippen LogP contribution >= 0.6 is 11.8 Å². The maximum atomic E-state index is 12.6. The maximum absolute atomic E-state index is 12.6. The molecule has 0 aliphatic heterocycles. The summed E-state index contributed by atoms with van der Waals surface area (Å²) < 4.78 is 32.2. The molecule has 0 unspecified atom stereocenters. The molecule has 9 heteroatoms. The van der Waals surface area contributed by atoms with Crippen LogP contribution in [0.1, 0.15) is 18.3 Å². The molecule has 3 rings (SSSR count). The number of rotatable bonds is 9. The third-order valence-corrected chi connectivity index (χ3v) is 6.66. The molecule has 0 saturated heterocycles. The summed E-state index contributed by atoms with van der Waals surface area (Å²) in [5, 5.41) is 8.58. The predicted molar refractivity (Wildman–Crippen MR) is 110 cm³/mol. The van der Waals surface area contributed by atoms with E-state index >= 15 is 0 Å². The molecule has 0 bridgehead atoms. The number of carbonyl (C=O) groups excluding carboxylic acids is 1. The SMILES string of the molecule is CCn1c(CS(=O)(=O)c2ccccc2)nnc1SCC(=O)OCc1ccccc1. The number of thioether (sulfide) groups is 1. The van der Waals surface area contributed by atoms with Gasteiger partial charge in [-0.05, 0) is 24.6 Å². The van der Waals surface area contributed by atoms with Crippen molar-refractivity contribution in [1.29, 1.82) is 0 Å². The van der Waals surface area contributed by atoms with Crippen LogP contribution in [0.2, 0.25) is 0 Å². The van der Waals surface area contributed by atoms with Gasteiger partial charge < -0.3 is 9.30 Å². The summed E-state index contributed by atoms with van der Waals surface area (Å²) in [5.41, 5.74) is 0.913. The van der Waals surface area contributed by atoms with Crippen molar-refractivity contribution in [2.75, 3.05) is 5.75 Å². The number of benzene rings is 2. The zero-order valence-electron chi connectivity index (χ0n) is 15.9. The third kappa shape index (κ3) is 5.68. The van der Waals surface area contributed by atoms with Gasteiger partial charge in [-0.3, -0.25) is 4.79 Å². The summed E-state index contributed by atoms with van der Waals surface area (Å²) in [4.78, 5) is 12.3. The first kappa shape index (κ1) is 21.1. The molecule has 0 amide bonds. The number of carbonyl (C=O) groups is 1. The molecule has 3 aromatic rings. The second-order valence-corrected chi connectivity index (χ2v) is 9.08. The maximum Gasteiger partial charge on any atom is 0.316 e. The molecule has 0 aliphatic rings. The van der Waals surface area contributed by atoms with E-state index in [9.17, 15) is 13.2 Å². The fourth-order valence-corrected chi connectivity index (χ4v) is 4.75. The second-order valence-electron chi connectivity index (χ2n) is 6.15. The standard InChI is InChI=1S/C20H21N3O4S2/c1-2-23-18(15-29(25,26)17-11-7-4-8-12-17)21-22-20(23)28-14-19(24)27-13-16-9-5-3-6-10-16/h3-12H,2,13-15H2,1H3. The van der Waals surface area contributed by atoms with Crippen LogP contribution < -0.4 is 0 Å². The average molecular weight is 432 g/mol. The lowest BCUT2D eigenvalue weighted by Gasteiger charge is -2.08. The topological polar surface area (TPSA) is 91.1 Å². The Morgan fingerprint density at radius 3 is 2.34 bits per heavy atom. The Bertz CT molecular complexity index is 1050. The summed E-state index contributed by atoms with van der Waals surface area (Å²) in [7, 11) is -3.53. The first-order valence-electron chi connectivity index (χ1n) is 9.02. The first-order valence-corrected chi connectivity index (χ1v) is 11.7. The Labute approximate surface area is 174 Å². The van der Waals surface area contributed by atoms with Crippen LogP contribution in [-0.2, 0) is 38.3 Å². The fourth-order valence-electron chi connectivity index (χ4n) is 2.63. The van der Waals surface area contributed by atoms with Crippen molar-refractivity contribution in [2.45, 2.75) is 35.9 Å². The quantitative estimate of drug-likeness (QED) is 0.380. The summed E-state index contributed by atoms with van der Waals surface area (Å²) in [5.74, 6) is -0.216. The highest BCUT2D eigenvalue weighted by molar-refractivity contribution is 7.99. The largest absolute Gasteiger partial charge is 0.460 e. The number of esters is 1. The van der Waals surface area contributed by atoms with Crippen LogP contribution in [0.4, 0.5) is 0 Å². The summed E-state index contributed by atoms with van der Waals surface area (Å²) in [6, 6.07) is 17.7. The minimum absolute atomic E-state index is 0.0659. The first-order chi connectivity index (χ1) is 14.0. The number of aromatic nitrogens is 3. The molecule has 0 atom stereocenters. The molecule has 0 saturated carbocycles. The van der Waals surface area contributed by atoms with Crippen LogP contribution in [0, 0.1) is 0 Å². The van der Waals surface area contributed by atoms with E-state index in [1.807, 2.05) is 37.3 Å². The van der Waals surface area contributed by atoms with E-state index in [1.165, 1.54) is 11.8 Å². The van der Waals surface area contributed by atoms with Gasteiger partial charge >= 0.3 is 5.97 Å². The van der Waals surface area contributed by atoms with Gasteiger partial charge in [-0.2, -0.15) is 0 Å². The molecule has 1 heterocycles. The Balaban J connectivity index is 1.61. The van der Waals surface area contributed by atoms with Crippen molar-refractivity contribution >= 4 is 27.6 Å². The Morgan fingerprint density at radius 2 is 1.69 bits per heavy atom. The fraction of sp³-hybridized carbons (Fsp3) is 0.250. The van der Waals surface area contributed by atoms with E-state index in [1.54, 1.807) is 34.9 Å². The molecular formula is C20H21N3O4S2. The minimum atomic E-state index is -3.53. The molecule has 7 nitrogen and oxygen atoms in total. The van der Waals surface area contributed by atoms with E-state index in [0.717, 1.165) is 5.56 Å². The monoisotopic (exact) mass is 431 g/mol. The highest BCUT2D eigenvalue weighted by Crippen LogP contribution is 2.21. The van der Waals surface area contributed by atoms with Crippen LogP contribution in [0.25, 0.3) is 0 Å². The number of ether oxygens (including phenoxy) is 1. The van der Waals surface area contributed by atoms with E-state index in [4.69, 9.17) is 4.74 Å². The van der Waals surface area contributed by atoms with Crippen molar-refractivity contribution < 1.29 is 17.9 Å². The summed E-state index contributed by atoms with van der Waals surface area (Å²) in [6.07, 6.45) is 0.